The Hall–Kier alpha value is -2.75. The van der Waals surface area contributed by atoms with Gasteiger partial charge < -0.3 is 59.4 Å². The minimum Gasteiger partial charge on any atom is -0.504 e. The molecule has 5 rings (SSSR count). The Morgan fingerprint density at radius 1 is 1.05 bits per heavy atom. The average Bonchev–Trinajstić information content (AvgIpc) is 3.57. The Bertz CT molecular complexity index is 1070. The van der Waals surface area contributed by atoms with Gasteiger partial charge in [0.2, 0.25) is 6.29 Å². The number of phenols is 2. The van der Waals surface area contributed by atoms with E-state index in [1.54, 1.807) is 6.08 Å². The number of hydrogen-bond acceptors (Lipinski definition) is 13. The minimum atomic E-state index is -1.66. The van der Waals surface area contributed by atoms with Gasteiger partial charge in [0.1, 0.15) is 42.2 Å². The van der Waals surface area contributed by atoms with Crippen LogP contribution in [-0.4, -0.2) is 110 Å². The van der Waals surface area contributed by atoms with Crippen molar-refractivity contribution in [3.8, 4) is 11.5 Å². The van der Waals surface area contributed by atoms with E-state index >= 15 is 0 Å². The van der Waals surface area contributed by atoms with E-state index in [4.69, 9.17) is 23.7 Å². The highest BCUT2D eigenvalue weighted by atomic mass is 16.8. The number of ether oxygens (including phenoxy) is 5. The van der Waals surface area contributed by atoms with E-state index in [9.17, 15) is 40.5 Å². The molecule has 0 unspecified atom stereocenters. The number of benzene rings is 1. The van der Waals surface area contributed by atoms with Gasteiger partial charge in [0.05, 0.1) is 25.4 Å². The quantitative estimate of drug-likeness (QED) is 0.0900. The van der Waals surface area contributed by atoms with E-state index < -0.39 is 85.8 Å². The summed E-state index contributed by atoms with van der Waals surface area (Å²) in [6, 6.07) is 4.04. The SMILES string of the molecule is O=C(/C=C\c1ccc(O)c(O)c1)O[C@@H]1[C@H]2C=CO[C@H](O[C@H]3O[C@H](CO)[C@H](O)[C@@H](O)[C@H]3O)[C@H]2[C@@]2(CO)O[C@@H]12. The fraction of sp³-hybridized carbons (Fsp3) is 0.542. The molecule has 202 valence electrons. The summed E-state index contributed by atoms with van der Waals surface area (Å²) in [5, 5.41) is 69.0. The second-order valence-electron chi connectivity index (χ2n) is 9.40. The third-order valence-corrected chi connectivity index (χ3v) is 7.26. The number of hydrogen-bond donors (Lipinski definition) is 7. The second-order valence-corrected chi connectivity index (χ2v) is 9.40. The highest BCUT2D eigenvalue weighted by molar-refractivity contribution is 5.87. The van der Waals surface area contributed by atoms with Gasteiger partial charge in [0, 0.05) is 12.0 Å². The van der Waals surface area contributed by atoms with Gasteiger partial charge in [-0.3, -0.25) is 0 Å². The summed E-state index contributed by atoms with van der Waals surface area (Å²) in [5.41, 5.74) is -0.714. The average molecular weight is 524 g/mol. The summed E-state index contributed by atoms with van der Waals surface area (Å²) in [4.78, 5) is 12.6. The molecule has 0 amide bonds. The lowest BCUT2D eigenvalue weighted by atomic mass is 9.85. The van der Waals surface area contributed by atoms with Crippen LogP contribution < -0.4 is 0 Å². The van der Waals surface area contributed by atoms with Crippen LogP contribution in [0.5, 0.6) is 11.5 Å². The van der Waals surface area contributed by atoms with Crippen molar-refractivity contribution in [3.63, 3.8) is 0 Å². The van der Waals surface area contributed by atoms with Crippen molar-refractivity contribution in [1.29, 1.82) is 0 Å². The third kappa shape index (κ3) is 4.47. The van der Waals surface area contributed by atoms with E-state index in [2.05, 4.69) is 0 Å². The first-order valence-corrected chi connectivity index (χ1v) is 11.7. The van der Waals surface area contributed by atoms with E-state index in [0.717, 1.165) is 6.08 Å². The Labute approximate surface area is 210 Å². The molecule has 0 bridgehead atoms. The zero-order valence-corrected chi connectivity index (χ0v) is 19.3. The largest absolute Gasteiger partial charge is 0.504 e. The molecule has 37 heavy (non-hydrogen) atoms. The fourth-order valence-electron chi connectivity index (χ4n) is 5.27. The van der Waals surface area contributed by atoms with Crippen LogP contribution in [-0.2, 0) is 28.5 Å². The fourth-order valence-corrected chi connectivity index (χ4v) is 5.27. The van der Waals surface area contributed by atoms with Crippen LogP contribution >= 0.6 is 0 Å². The summed E-state index contributed by atoms with van der Waals surface area (Å²) in [6.07, 6.45) is -4.68. The third-order valence-electron chi connectivity index (χ3n) is 7.26. The van der Waals surface area contributed by atoms with Crippen LogP contribution in [0.2, 0.25) is 0 Å². The highest BCUT2D eigenvalue weighted by Gasteiger charge is 2.77. The lowest BCUT2D eigenvalue weighted by molar-refractivity contribution is -0.344. The molecule has 3 heterocycles. The van der Waals surface area contributed by atoms with E-state index in [-0.39, 0.29) is 11.5 Å². The molecule has 1 aliphatic carbocycles. The Kier molecular flexibility index (Phi) is 6.89. The number of carbonyl (C=O) groups is 1. The molecule has 1 aromatic carbocycles. The molecular weight excluding hydrogens is 496 g/mol. The van der Waals surface area contributed by atoms with Crippen LogP contribution in [0.1, 0.15) is 5.56 Å². The van der Waals surface area contributed by atoms with Gasteiger partial charge in [0.25, 0.3) is 0 Å². The topological polar surface area (TPSA) is 208 Å². The van der Waals surface area contributed by atoms with Crippen molar-refractivity contribution in [1.82, 2.24) is 0 Å². The maximum absolute atomic E-state index is 12.6. The molecule has 0 radical (unpaired) electrons. The first-order valence-electron chi connectivity index (χ1n) is 11.7. The molecule has 1 aromatic rings. The predicted octanol–water partition coefficient (Wildman–Crippen LogP) is -1.91. The maximum atomic E-state index is 12.6. The molecular formula is C24H28O13. The van der Waals surface area contributed by atoms with Gasteiger partial charge in [-0.05, 0) is 29.8 Å². The summed E-state index contributed by atoms with van der Waals surface area (Å²) in [5.74, 6) is -2.56. The molecule has 13 nitrogen and oxygen atoms in total. The molecule has 0 spiro atoms. The van der Waals surface area contributed by atoms with Gasteiger partial charge in [-0.25, -0.2) is 4.79 Å². The minimum absolute atomic E-state index is 0.297. The number of esters is 1. The van der Waals surface area contributed by atoms with Crippen LogP contribution in [0.3, 0.4) is 0 Å². The molecule has 7 N–H and O–H groups in total. The number of fused-ring (bicyclic) bond motifs is 3. The zero-order valence-electron chi connectivity index (χ0n) is 19.3. The Morgan fingerprint density at radius 3 is 2.54 bits per heavy atom. The van der Waals surface area contributed by atoms with Crippen molar-refractivity contribution in [2.24, 2.45) is 11.8 Å². The summed E-state index contributed by atoms with van der Waals surface area (Å²) >= 11 is 0. The van der Waals surface area contributed by atoms with Crippen molar-refractivity contribution in [3.05, 3.63) is 42.2 Å². The molecule has 1 saturated carbocycles. The molecule has 3 fully saturated rings. The van der Waals surface area contributed by atoms with Gasteiger partial charge in [-0.1, -0.05) is 6.07 Å². The standard InChI is InChI=1S/C24H28O13/c25-8-14-17(30)18(31)19(32)23(34-14)36-22-16-11(5-6-33-22)20(21-24(16,9-26)37-21)35-15(29)4-2-10-1-3-12(27)13(28)7-10/h1-7,11,14,16-23,25-28,30-32H,8-9H2/b4-2-/t11-,14+,16-,17-,18+,19+,20+,21-,22+,23+,24+/m0/s1. The maximum Gasteiger partial charge on any atom is 0.331 e. The van der Waals surface area contributed by atoms with Crippen molar-refractivity contribution >= 4 is 12.0 Å². The zero-order chi connectivity index (χ0) is 26.5. The van der Waals surface area contributed by atoms with E-state index in [1.807, 2.05) is 0 Å². The van der Waals surface area contributed by atoms with Crippen LogP contribution in [0.15, 0.2) is 36.6 Å². The van der Waals surface area contributed by atoms with Gasteiger partial charge >= 0.3 is 5.97 Å². The molecule has 2 saturated heterocycles. The molecule has 0 aromatic heterocycles. The van der Waals surface area contributed by atoms with Crippen molar-refractivity contribution < 1.29 is 64.2 Å². The van der Waals surface area contributed by atoms with Gasteiger partial charge in [-0.15, -0.1) is 0 Å². The lowest BCUT2D eigenvalue weighted by Crippen LogP contribution is -2.60. The summed E-state index contributed by atoms with van der Waals surface area (Å²) in [6.45, 7) is -1.08. The van der Waals surface area contributed by atoms with Crippen molar-refractivity contribution in [2.75, 3.05) is 13.2 Å². The molecule has 3 aliphatic heterocycles. The summed E-state index contributed by atoms with van der Waals surface area (Å²) < 4.78 is 28.2. The van der Waals surface area contributed by atoms with Gasteiger partial charge in [-0.2, -0.15) is 0 Å². The molecule has 4 aliphatic rings. The normalized spacial score (nSPS) is 42.2. The number of aliphatic hydroxyl groups excluding tert-OH is 5. The molecule has 13 heteroatoms. The number of aliphatic hydroxyl groups is 5. The first-order chi connectivity index (χ1) is 17.7. The number of rotatable bonds is 7. The number of carbonyl (C=O) groups excluding carboxylic acids is 1. The number of phenolic OH excluding ortho intramolecular Hbond substituents is 2. The smallest absolute Gasteiger partial charge is 0.331 e. The van der Waals surface area contributed by atoms with Gasteiger partial charge in [0.15, 0.2) is 17.8 Å². The van der Waals surface area contributed by atoms with E-state index in [1.165, 1.54) is 30.5 Å². The summed E-state index contributed by atoms with van der Waals surface area (Å²) in [7, 11) is 0. The second kappa shape index (κ2) is 9.85. The predicted molar refractivity (Wildman–Crippen MR) is 119 cm³/mol. The number of epoxide rings is 1. The first kappa shape index (κ1) is 25.9. The molecule has 11 atom stereocenters. The lowest BCUT2D eigenvalue weighted by Gasteiger charge is -2.43. The van der Waals surface area contributed by atoms with E-state index in [0.29, 0.717) is 5.56 Å². The number of aromatic hydroxyl groups is 2. The Balaban J connectivity index is 1.30. The monoisotopic (exact) mass is 524 g/mol. The highest BCUT2D eigenvalue weighted by Crippen LogP contribution is 2.60. The van der Waals surface area contributed by atoms with Crippen LogP contribution in [0, 0.1) is 11.8 Å². The van der Waals surface area contributed by atoms with Crippen molar-refractivity contribution in [2.45, 2.75) is 54.8 Å². The van der Waals surface area contributed by atoms with Crippen LogP contribution in [0.25, 0.3) is 6.08 Å². The Morgan fingerprint density at radius 2 is 1.84 bits per heavy atom. The van der Waals surface area contributed by atoms with Crippen LogP contribution in [0.4, 0.5) is 0 Å².